The Labute approximate surface area is 73.5 Å². The smallest absolute Gasteiger partial charge is 0.246 e. The van der Waals surface area contributed by atoms with E-state index in [1.807, 2.05) is 6.08 Å². The number of hydrogen-bond donors (Lipinski definition) is 2. The van der Waals surface area contributed by atoms with Crippen LogP contribution >= 0.6 is 0 Å². The lowest BCUT2D eigenvalue weighted by Crippen LogP contribution is -2.18. The fourth-order valence-corrected chi connectivity index (χ4v) is 0.865. The Hall–Kier alpha value is -0.830. The molecule has 0 aromatic rings. The fourth-order valence-electron chi connectivity index (χ4n) is 0.865. The van der Waals surface area contributed by atoms with E-state index in [2.05, 4.69) is 5.32 Å². The summed E-state index contributed by atoms with van der Waals surface area (Å²) in [6.45, 7) is 2.02. The number of aliphatic hydroxyl groups excluding tert-OH is 1. The highest BCUT2D eigenvalue weighted by Crippen LogP contribution is 2.00. The molecule has 0 fully saturated rings. The van der Waals surface area contributed by atoms with Gasteiger partial charge in [-0.1, -0.05) is 6.08 Å². The van der Waals surface area contributed by atoms with Crippen molar-refractivity contribution in [3.63, 3.8) is 0 Å². The van der Waals surface area contributed by atoms with Crippen LogP contribution in [0.5, 0.6) is 0 Å². The van der Waals surface area contributed by atoms with Crippen LogP contribution in [0.4, 0.5) is 0 Å². The van der Waals surface area contributed by atoms with Gasteiger partial charge in [0.15, 0.2) is 0 Å². The van der Waals surface area contributed by atoms with Crippen LogP contribution in [0.25, 0.3) is 0 Å². The first-order valence-corrected chi connectivity index (χ1v) is 4.22. The van der Waals surface area contributed by atoms with E-state index >= 15 is 0 Å². The third-order valence-electron chi connectivity index (χ3n) is 1.65. The summed E-state index contributed by atoms with van der Waals surface area (Å²) in [6, 6.07) is 0. The van der Waals surface area contributed by atoms with Crippen molar-refractivity contribution in [3.8, 4) is 0 Å². The largest absolute Gasteiger partial charge is 0.396 e. The van der Waals surface area contributed by atoms with Crippen molar-refractivity contribution in [2.75, 3.05) is 13.7 Å². The molecule has 0 aliphatic heterocycles. The molecule has 0 aliphatic rings. The Kier molecular flexibility index (Phi) is 6.38. The van der Waals surface area contributed by atoms with E-state index in [4.69, 9.17) is 5.11 Å². The number of unbranched alkanes of at least 4 members (excludes halogenated alkanes) is 2. The number of amides is 1. The lowest BCUT2D eigenvalue weighted by Gasteiger charge is -1.98. The van der Waals surface area contributed by atoms with Crippen molar-refractivity contribution in [1.29, 1.82) is 0 Å². The monoisotopic (exact) mass is 171 g/mol. The van der Waals surface area contributed by atoms with Crippen LogP contribution in [0.2, 0.25) is 0 Å². The van der Waals surface area contributed by atoms with Gasteiger partial charge < -0.3 is 10.4 Å². The average molecular weight is 171 g/mol. The lowest BCUT2D eigenvalue weighted by molar-refractivity contribution is -0.117. The summed E-state index contributed by atoms with van der Waals surface area (Å²) in [6.07, 6.45) is 4.50. The molecule has 0 aromatic carbocycles. The van der Waals surface area contributed by atoms with Gasteiger partial charge in [0.05, 0.1) is 0 Å². The number of nitrogens with one attached hydrogen (secondary N) is 1. The zero-order chi connectivity index (χ0) is 9.40. The number of aliphatic hydroxyl groups is 1. The van der Waals surface area contributed by atoms with Crippen LogP contribution < -0.4 is 5.32 Å². The molecule has 0 saturated heterocycles. The van der Waals surface area contributed by atoms with Gasteiger partial charge >= 0.3 is 0 Å². The van der Waals surface area contributed by atoms with Crippen molar-refractivity contribution in [3.05, 3.63) is 11.6 Å². The van der Waals surface area contributed by atoms with Crippen molar-refractivity contribution < 1.29 is 9.90 Å². The van der Waals surface area contributed by atoms with Crippen molar-refractivity contribution >= 4 is 5.91 Å². The van der Waals surface area contributed by atoms with Gasteiger partial charge in [-0.3, -0.25) is 4.79 Å². The summed E-state index contributed by atoms with van der Waals surface area (Å²) in [5.41, 5.74) is 0.746. The molecule has 0 atom stereocenters. The molecule has 70 valence electrons. The molecule has 0 aliphatic carbocycles. The molecule has 3 nitrogen and oxygen atoms in total. The Bertz CT molecular complexity index is 164. The van der Waals surface area contributed by atoms with Crippen LogP contribution in [0.3, 0.4) is 0 Å². The number of likely N-dealkylation sites (N-methyl/N-ethyl adjacent to an activating group) is 1. The summed E-state index contributed by atoms with van der Waals surface area (Å²) in [5, 5.41) is 11.0. The molecular formula is C9H17NO2. The quantitative estimate of drug-likeness (QED) is 0.475. The fraction of sp³-hybridized carbons (Fsp3) is 0.667. The number of allylic oxidation sites excluding steroid dienone is 1. The summed E-state index contributed by atoms with van der Waals surface area (Å²) in [4.78, 5) is 10.9. The summed E-state index contributed by atoms with van der Waals surface area (Å²) < 4.78 is 0. The standard InChI is InChI=1S/C9H17NO2/c1-8(9(12)10-2)6-4-3-5-7-11/h6,11H,3-5,7H2,1-2H3,(H,10,12). The van der Waals surface area contributed by atoms with Crippen LogP contribution in [0, 0.1) is 0 Å². The van der Waals surface area contributed by atoms with Gasteiger partial charge in [-0.15, -0.1) is 0 Å². The highest BCUT2D eigenvalue weighted by atomic mass is 16.2. The Morgan fingerprint density at radius 1 is 1.50 bits per heavy atom. The zero-order valence-corrected chi connectivity index (χ0v) is 7.76. The third kappa shape index (κ3) is 4.91. The Morgan fingerprint density at radius 2 is 2.17 bits per heavy atom. The van der Waals surface area contributed by atoms with Gasteiger partial charge in [-0.2, -0.15) is 0 Å². The summed E-state index contributed by atoms with van der Waals surface area (Å²) >= 11 is 0. The first-order chi connectivity index (χ1) is 5.72. The molecule has 1 amide bonds. The van der Waals surface area contributed by atoms with Crippen molar-refractivity contribution in [2.45, 2.75) is 26.2 Å². The highest BCUT2D eigenvalue weighted by Gasteiger charge is 1.98. The summed E-state index contributed by atoms with van der Waals surface area (Å²) in [7, 11) is 1.62. The molecular weight excluding hydrogens is 154 g/mol. The minimum Gasteiger partial charge on any atom is -0.396 e. The maximum absolute atomic E-state index is 10.9. The number of hydrogen-bond acceptors (Lipinski definition) is 2. The second-order valence-corrected chi connectivity index (χ2v) is 2.69. The van der Waals surface area contributed by atoms with Gasteiger partial charge in [0, 0.05) is 19.2 Å². The van der Waals surface area contributed by atoms with Crippen LogP contribution in [0.15, 0.2) is 11.6 Å². The lowest BCUT2D eigenvalue weighted by atomic mass is 10.2. The van der Waals surface area contributed by atoms with E-state index in [9.17, 15) is 4.79 Å². The normalized spacial score (nSPS) is 11.4. The zero-order valence-electron chi connectivity index (χ0n) is 7.76. The molecule has 12 heavy (non-hydrogen) atoms. The second-order valence-electron chi connectivity index (χ2n) is 2.69. The van der Waals surface area contributed by atoms with Gasteiger partial charge in [-0.05, 0) is 26.2 Å². The minimum atomic E-state index is -0.0287. The molecule has 0 spiro atoms. The van der Waals surface area contributed by atoms with Gasteiger partial charge in [-0.25, -0.2) is 0 Å². The molecule has 0 bridgehead atoms. The topological polar surface area (TPSA) is 49.3 Å². The maximum Gasteiger partial charge on any atom is 0.246 e. The molecule has 0 aromatic heterocycles. The van der Waals surface area contributed by atoms with Crippen LogP contribution in [-0.4, -0.2) is 24.7 Å². The Morgan fingerprint density at radius 3 is 2.67 bits per heavy atom. The molecule has 3 heteroatoms. The van der Waals surface area contributed by atoms with E-state index in [0.717, 1.165) is 24.8 Å². The third-order valence-corrected chi connectivity index (χ3v) is 1.65. The van der Waals surface area contributed by atoms with Gasteiger partial charge in [0.1, 0.15) is 0 Å². The van der Waals surface area contributed by atoms with E-state index in [1.54, 1.807) is 14.0 Å². The maximum atomic E-state index is 10.9. The highest BCUT2D eigenvalue weighted by molar-refractivity contribution is 5.92. The molecule has 0 radical (unpaired) electrons. The number of carbonyl (C=O) groups is 1. The summed E-state index contributed by atoms with van der Waals surface area (Å²) in [5.74, 6) is -0.0287. The predicted molar refractivity (Wildman–Crippen MR) is 48.8 cm³/mol. The molecule has 2 N–H and O–H groups in total. The van der Waals surface area contributed by atoms with E-state index < -0.39 is 0 Å². The van der Waals surface area contributed by atoms with Crippen molar-refractivity contribution in [1.82, 2.24) is 5.32 Å². The van der Waals surface area contributed by atoms with Crippen molar-refractivity contribution in [2.24, 2.45) is 0 Å². The predicted octanol–water partition coefficient (Wildman–Crippen LogP) is 0.841. The van der Waals surface area contributed by atoms with E-state index in [0.29, 0.717) is 0 Å². The minimum absolute atomic E-state index is 0.0287. The van der Waals surface area contributed by atoms with Gasteiger partial charge in [0.2, 0.25) is 5.91 Å². The molecule has 0 heterocycles. The molecule has 0 saturated carbocycles. The van der Waals surface area contributed by atoms with Gasteiger partial charge in [0.25, 0.3) is 0 Å². The SMILES string of the molecule is CNC(=O)C(C)=CCCCCO. The van der Waals surface area contributed by atoms with E-state index in [1.165, 1.54) is 0 Å². The number of carbonyl (C=O) groups excluding carboxylic acids is 1. The first kappa shape index (κ1) is 11.2. The second kappa shape index (κ2) is 6.85. The molecule has 0 rings (SSSR count). The van der Waals surface area contributed by atoms with Crippen LogP contribution in [0.1, 0.15) is 26.2 Å². The molecule has 0 unspecified atom stereocenters. The first-order valence-electron chi connectivity index (χ1n) is 4.22. The average Bonchev–Trinajstić information content (AvgIpc) is 2.10. The Balaban J connectivity index is 3.61. The number of rotatable bonds is 5. The van der Waals surface area contributed by atoms with E-state index in [-0.39, 0.29) is 12.5 Å². The van der Waals surface area contributed by atoms with Crippen LogP contribution in [-0.2, 0) is 4.79 Å².